The monoisotopic (exact) mass is 393 g/mol. The van der Waals surface area contributed by atoms with Crippen LogP contribution in [0.4, 0.5) is 5.69 Å². The highest BCUT2D eigenvalue weighted by Gasteiger charge is 2.25. The van der Waals surface area contributed by atoms with E-state index in [1.807, 2.05) is 0 Å². The lowest BCUT2D eigenvalue weighted by Gasteiger charge is -2.29. The molecular formula is C20H25Cl2N3O+2. The molecule has 0 aliphatic carbocycles. The van der Waals surface area contributed by atoms with Gasteiger partial charge in [0.2, 0.25) is 0 Å². The summed E-state index contributed by atoms with van der Waals surface area (Å²) < 4.78 is 0. The van der Waals surface area contributed by atoms with E-state index in [1.54, 1.807) is 23.1 Å². The molecule has 1 aliphatic heterocycles. The summed E-state index contributed by atoms with van der Waals surface area (Å²) in [4.78, 5) is 15.2. The highest BCUT2D eigenvalue weighted by molar-refractivity contribution is 6.35. The second kappa shape index (κ2) is 8.87. The zero-order chi connectivity index (χ0) is 18.5. The average Bonchev–Trinajstić information content (AvgIpc) is 2.60. The lowest BCUT2D eigenvalue weighted by atomic mass is 10.1. The van der Waals surface area contributed by atoms with Gasteiger partial charge in [-0.3, -0.25) is 4.79 Å². The van der Waals surface area contributed by atoms with Crippen LogP contribution < -0.4 is 15.1 Å². The molecule has 0 aromatic heterocycles. The van der Waals surface area contributed by atoms with E-state index in [-0.39, 0.29) is 5.91 Å². The number of hydrogen-bond donors (Lipinski definition) is 3. The zero-order valence-electron chi connectivity index (χ0n) is 14.9. The summed E-state index contributed by atoms with van der Waals surface area (Å²) in [5, 5.41) is 3.94. The van der Waals surface area contributed by atoms with Crippen molar-refractivity contribution in [3.8, 4) is 0 Å². The summed E-state index contributed by atoms with van der Waals surface area (Å²) in [5.74, 6) is -0.0219. The number of piperazine rings is 1. The van der Waals surface area contributed by atoms with Crippen molar-refractivity contribution in [3.05, 3.63) is 63.6 Å². The third-order valence-electron chi connectivity index (χ3n) is 4.81. The molecule has 2 aromatic rings. The standard InChI is InChI=1S/C20H23Cl2N3O/c1-15-3-2-4-16(11-15)13-24-7-9-25(10-8-24)14-20(26)23-19-12-17(21)5-6-18(19)22/h2-6,11-12H,7-10,13-14H2,1H3,(H,23,26)/p+2. The number of carbonyl (C=O) groups is 1. The molecule has 3 rings (SSSR count). The fraction of sp³-hybridized carbons (Fsp3) is 0.350. The molecule has 0 saturated carbocycles. The first-order valence-corrected chi connectivity index (χ1v) is 9.73. The third-order valence-corrected chi connectivity index (χ3v) is 5.38. The van der Waals surface area contributed by atoms with E-state index in [2.05, 4.69) is 36.5 Å². The van der Waals surface area contributed by atoms with Crippen LogP contribution in [-0.2, 0) is 11.3 Å². The van der Waals surface area contributed by atoms with Crippen molar-refractivity contribution in [1.29, 1.82) is 0 Å². The van der Waals surface area contributed by atoms with E-state index >= 15 is 0 Å². The number of aryl methyl sites for hydroxylation is 1. The zero-order valence-corrected chi connectivity index (χ0v) is 16.5. The minimum Gasteiger partial charge on any atom is -0.322 e. The molecule has 0 radical (unpaired) electrons. The van der Waals surface area contributed by atoms with Crippen molar-refractivity contribution in [2.24, 2.45) is 0 Å². The first-order valence-electron chi connectivity index (χ1n) is 8.97. The van der Waals surface area contributed by atoms with Crippen LogP contribution >= 0.6 is 23.2 Å². The quantitative estimate of drug-likeness (QED) is 0.701. The molecule has 0 bridgehead atoms. The Hall–Kier alpha value is -1.59. The number of carbonyl (C=O) groups excluding carboxylic acids is 1. The molecule has 138 valence electrons. The lowest BCUT2D eigenvalue weighted by Crippen LogP contribution is -3.28. The van der Waals surface area contributed by atoms with Crippen molar-refractivity contribution < 1.29 is 14.6 Å². The van der Waals surface area contributed by atoms with Crippen LogP contribution in [0.5, 0.6) is 0 Å². The molecule has 1 aliphatic rings. The number of amides is 1. The number of hydrogen-bond acceptors (Lipinski definition) is 1. The fourth-order valence-electron chi connectivity index (χ4n) is 3.44. The minimum absolute atomic E-state index is 0.0219. The molecule has 0 spiro atoms. The molecular weight excluding hydrogens is 369 g/mol. The molecule has 0 unspecified atom stereocenters. The van der Waals surface area contributed by atoms with Crippen LogP contribution in [0.2, 0.25) is 10.0 Å². The van der Waals surface area contributed by atoms with Crippen molar-refractivity contribution in [2.45, 2.75) is 13.5 Å². The Morgan fingerprint density at radius 3 is 2.50 bits per heavy atom. The predicted molar refractivity (Wildman–Crippen MR) is 106 cm³/mol. The lowest BCUT2D eigenvalue weighted by molar-refractivity contribution is -1.02. The van der Waals surface area contributed by atoms with Crippen LogP contribution in [0, 0.1) is 6.92 Å². The number of rotatable bonds is 5. The Balaban J connectivity index is 1.46. The SMILES string of the molecule is Cc1cccc(C[NH+]2CC[NH+](CC(=O)Nc3cc(Cl)ccc3Cl)CC2)c1. The van der Waals surface area contributed by atoms with Gasteiger partial charge in [0.1, 0.15) is 32.7 Å². The molecule has 6 heteroatoms. The van der Waals surface area contributed by atoms with Gasteiger partial charge in [-0.25, -0.2) is 0 Å². The Bertz CT molecular complexity index is 773. The van der Waals surface area contributed by atoms with Gasteiger partial charge >= 0.3 is 0 Å². The van der Waals surface area contributed by atoms with E-state index in [1.165, 1.54) is 16.0 Å². The molecule has 1 amide bonds. The van der Waals surface area contributed by atoms with Crippen molar-refractivity contribution in [1.82, 2.24) is 0 Å². The van der Waals surface area contributed by atoms with Gasteiger partial charge in [-0.2, -0.15) is 0 Å². The van der Waals surface area contributed by atoms with Crippen molar-refractivity contribution in [3.63, 3.8) is 0 Å². The van der Waals surface area contributed by atoms with Crippen LogP contribution in [-0.4, -0.2) is 38.6 Å². The molecule has 1 heterocycles. The number of benzene rings is 2. The molecule has 26 heavy (non-hydrogen) atoms. The molecule has 3 N–H and O–H groups in total. The second-order valence-electron chi connectivity index (χ2n) is 7.01. The predicted octanol–water partition coefficient (Wildman–Crippen LogP) is 1.22. The summed E-state index contributed by atoms with van der Waals surface area (Å²) in [6.45, 7) is 7.80. The van der Waals surface area contributed by atoms with E-state index < -0.39 is 0 Å². The van der Waals surface area contributed by atoms with Gasteiger partial charge in [0.05, 0.1) is 10.7 Å². The van der Waals surface area contributed by atoms with Gasteiger partial charge in [-0.05, 0) is 25.1 Å². The average molecular weight is 394 g/mol. The van der Waals surface area contributed by atoms with Crippen LogP contribution in [0.25, 0.3) is 0 Å². The van der Waals surface area contributed by atoms with E-state index in [4.69, 9.17) is 23.2 Å². The summed E-state index contributed by atoms with van der Waals surface area (Å²) in [5.41, 5.74) is 3.27. The van der Waals surface area contributed by atoms with E-state index in [9.17, 15) is 4.79 Å². The number of anilines is 1. The van der Waals surface area contributed by atoms with Gasteiger partial charge < -0.3 is 15.1 Å². The summed E-state index contributed by atoms with van der Waals surface area (Å²) in [7, 11) is 0. The Morgan fingerprint density at radius 1 is 1.04 bits per heavy atom. The topological polar surface area (TPSA) is 38.0 Å². The van der Waals surface area contributed by atoms with Crippen molar-refractivity contribution >= 4 is 34.8 Å². The molecule has 1 saturated heterocycles. The number of halogens is 2. The Morgan fingerprint density at radius 2 is 1.77 bits per heavy atom. The smallest absolute Gasteiger partial charge is 0.279 e. The number of nitrogens with one attached hydrogen (secondary N) is 3. The van der Waals surface area contributed by atoms with Gasteiger partial charge in [0, 0.05) is 10.6 Å². The van der Waals surface area contributed by atoms with Crippen LogP contribution in [0.1, 0.15) is 11.1 Å². The second-order valence-corrected chi connectivity index (χ2v) is 7.86. The van der Waals surface area contributed by atoms with Crippen LogP contribution in [0.3, 0.4) is 0 Å². The van der Waals surface area contributed by atoms with E-state index in [0.29, 0.717) is 22.3 Å². The maximum absolute atomic E-state index is 12.3. The van der Waals surface area contributed by atoms with Gasteiger partial charge in [-0.15, -0.1) is 0 Å². The normalized spacial score (nSPS) is 20.0. The largest absolute Gasteiger partial charge is 0.322 e. The minimum atomic E-state index is -0.0219. The Kier molecular flexibility index (Phi) is 6.54. The maximum atomic E-state index is 12.3. The summed E-state index contributed by atoms with van der Waals surface area (Å²) in [6, 6.07) is 13.8. The Labute approximate surface area is 164 Å². The van der Waals surface area contributed by atoms with Gasteiger partial charge in [0.25, 0.3) is 5.91 Å². The molecule has 1 fully saturated rings. The van der Waals surface area contributed by atoms with Crippen LogP contribution in [0.15, 0.2) is 42.5 Å². The summed E-state index contributed by atoms with van der Waals surface area (Å²) in [6.07, 6.45) is 0. The molecule has 2 aromatic carbocycles. The van der Waals surface area contributed by atoms with Crippen molar-refractivity contribution in [2.75, 3.05) is 38.0 Å². The molecule has 0 atom stereocenters. The van der Waals surface area contributed by atoms with E-state index in [0.717, 1.165) is 32.7 Å². The van der Waals surface area contributed by atoms with Gasteiger partial charge in [0.15, 0.2) is 6.54 Å². The maximum Gasteiger partial charge on any atom is 0.279 e. The molecule has 4 nitrogen and oxygen atoms in total. The third kappa shape index (κ3) is 5.45. The van der Waals surface area contributed by atoms with Gasteiger partial charge in [-0.1, -0.05) is 53.0 Å². The highest BCUT2D eigenvalue weighted by Crippen LogP contribution is 2.25. The fourth-order valence-corrected chi connectivity index (χ4v) is 3.77. The first kappa shape index (κ1) is 19.2. The number of quaternary nitrogens is 2. The highest BCUT2D eigenvalue weighted by atomic mass is 35.5. The summed E-state index contributed by atoms with van der Waals surface area (Å²) >= 11 is 12.1. The first-order chi connectivity index (χ1) is 12.5.